The highest BCUT2D eigenvalue weighted by atomic mass is 16.8. The lowest BCUT2D eigenvalue weighted by Crippen LogP contribution is -2.66. The van der Waals surface area contributed by atoms with Gasteiger partial charge in [0.2, 0.25) is 5.91 Å². The fourth-order valence-electron chi connectivity index (χ4n) is 12.0. The summed E-state index contributed by atoms with van der Waals surface area (Å²) in [4.78, 5) is 13.2. The molecular weight excluding hydrogens is 1140 g/mol. The summed E-state index contributed by atoms with van der Waals surface area (Å²) in [6, 6.07) is -0.880. The van der Waals surface area contributed by atoms with E-state index in [9.17, 15) is 61.0 Å². The Bertz CT molecular complexity index is 1800. The van der Waals surface area contributed by atoms with E-state index in [0.717, 1.165) is 57.8 Å². The van der Waals surface area contributed by atoms with E-state index in [0.29, 0.717) is 19.3 Å². The Hall–Kier alpha value is -2.25. The number of unbranched alkanes of at least 4 members (excludes halogenated alkanes) is 30. The fraction of sp³-hybridized carbons (Fsp3) is 0.871. The molecule has 0 aromatic carbocycles. The third kappa shape index (κ3) is 34.1. The lowest BCUT2D eigenvalue weighted by Gasteiger charge is -2.48. The number of nitrogens with one attached hydrogen (secondary N) is 1. The lowest BCUT2D eigenvalue weighted by molar-refractivity contribution is -0.379. The maximum atomic E-state index is 13.2. The first kappa shape index (κ1) is 81.0. The van der Waals surface area contributed by atoms with Crippen LogP contribution in [0.1, 0.15) is 258 Å². The molecule has 3 fully saturated rings. The standard InChI is InChI=1S/C70H127NO18/c1-3-5-7-8-9-10-11-12-13-14-15-16-17-18-19-20-21-22-23-24-25-26-27-28-29-30-31-32-33-34-35-36-37-38-39-40-41-42-43-44-46-48-58(76)71-53(54(75)47-45-6-4-2)52-84-68-64(82)61(79)66(56(50-73)86-68)89-70-65(83)62(80)67(57(51-74)87-70)88-69-63(81)60(78)59(77)55(49-72)85-69/h5,7,9-10,12-13,15-16,53-57,59-70,72-75,77-83H,3-4,6,8,11,14,17-52H2,1-2H3,(H,71,76)/b7-5-,10-9-,13-12-,16-15-. The molecule has 17 unspecified atom stereocenters. The van der Waals surface area contributed by atoms with E-state index in [1.54, 1.807) is 0 Å². The molecule has 3 rings (SSSR count). The number of amides is 1. The van der Waals surface area contributed by atoms with Gasteiger partial charge >= 0.3 is 0 Å². The predicted octanol–water partition coefficient (Wildman–Crippen LogP) is 9.39. The molecule has 0 bridgehead atoms. The zero-order valence-corrected chi connectivity index (χ0v) is 54.9. The van der Waals surface area contributed by atoms with Crippen LogP contribution >= 0.6 is 0 Å². The number of aliphatic hydroxyl groups is 11. The Labute approximate surface area is 535 Å². The summed E-state index contributed by atoms with van der Waals surface area (Å²) in [6.45, 7) is 1.50. The minimum absolute atomic E-state index is 0.251. The Morgan fingerprint density at radius 3 is 1.19 bits per heavy atom. The van der Waals surface area contributed by atoms with E-state index < -0.39 is 124 Å². The molecule has 0 radical (unpaired) electrons. The molecule has 17 atom stereocenters. The molecule has 1 amide bonds. The van der Waals surface area contributed by atoms with Gasteiger partial charge in [-0.2, -0.15) is 0 Å². The second-order valence-electron chi connectivity index (χ2n) is 25.3. The average molecular weight is 1270 g/mol. The van der Waals surface area contributed by atoms with Gasteiger partial charge < -0.3 is 89.9 Å². The maximum absolute atomic E-state index is 13.2. The molecule has 19 nitrogen and oxygen atoms in total. The number of carbonyl (C=O) groups is 1. The summed E-state index contributed by atoms with van der Waals surface area (Å²) < 4.78 is 34.1. The number of carbonyl (C=O) groups excluding carboxylic acids is 1. The van der Waals surface area contributed by atoms with Crippen LogP contribution in [0.25, 0.3) is 0 Å². The normalized spacial score (nSPS) is 28.5. The van der Waals surface area contributed by atoms with Gasteiger partial charge in [0.25, 0.3) is 0 Å². The van der Waals surface area contributed by atoms with Gasteiger partial charge in [-0.15, -0.1) is 0 Å². The molecule has 0 aliphatic carbocycles. The van der Waals surface area contributed by atoms with Gasteiger partial charge in [-0.1, -0.05) is 249 Å². The van der Waals surface area contributed by atoms with Crippen molar-refractivity contribution in [3.8, 4) is 0 Å². The third-order valence-corrected chi connectivity index (χ3v) is 17.7. The third-order valence-electron chi connectivity index (χ3n) is 17.7. The smallest absolute Gasteiger partial charge is 0.220 e. The number of allylic oxidation sites excluding steroid dienone is 8. The van der Waals surface area contributed by atoms with E-state index in [1.165, 1.54) is 161 Å². The molecule has 3 saturated heterocycles. The van der Waals surface area contributed by atoms with Gasteiger partial charge in [0.1, 0.15) is 73.2 Å². The summed E-state index contributed by atoms with van der Waals surface area (Å²) in [5.74, 6) is -0.251. The van der Waals surface area contributed by atoms with Crippen molar-refractivity contribution in [1.29, 1.82) is 0 Å². The van der Waals surface area contributed by atoms with Crippen molar-refractivity contribution in [2.45, 2.75) is 362 Å². The van der Waals surface area contributed by atoms with Crippen LogP contribution < -0.4 is 5.32 Å². The van der Waals surface area contributed by atoms with Crippen LogP contribution in [0.3, 0.4) is 0 Å². The van der Waals surface area contributed by atoms with Crippen molar-refractivity contribution in [3.63, 3.8) is 0 Å². The molecule has 520 valence electrons. The van der Waals surface area contributed by atoms with Crippen LogP contribution in [0.15, 0.2) is 48.6 Å². The molecular formula is C70H127NO18. The first-order valence-electron chi connectivity index (χ1n) is 35.4. The van der Waals surface area contributed by atoms with Gasteiger partial charge in [0.05, 0.1) is 38.6 Å². The highest BCUT2D eigenvalue weighted by Crippen LogP contribution is 2.33. The summed E-state index contributed by atoms with van der Waals surface area (Å²) in [6.07, 6.45) is 36.8. The minimum Gasteiger partial charge on any atom is -0.394 e. The Morgan fingerprint density at radius 1 is 0.416 bits per heavy atom. The minimum atomic E-state index is -1.97. The molecule has 0 spiro atoms. The van der Waals surface area contributed by atoms with Crippen LogP contribution in [-0.4, -0.2) is 193 Å². The quantitative estimate of drug-likeness (QED) is 0.0199. The van der Waals surface area contributed by atoms with Crippen LogP contribution in [0, 0.1) is 0 Å². The zero-order chi connectivity index (χ0) is 64.7. The summed E-state index contributed by atoms with van der Waals surface area (Å²) in [5, 5.41) is 119. The van der Waals surface area contributed by atoms with Gasteiger partial charge in [-0.25, -0.2) is 0 Å². The second-order valence-corrected chi connectivity index (χ2v) is 25.3. The van der Waals surface area contributed by atoms with Crippen LogP contribution in [0.5, 0.6) is 0 Å². The molecule has 3 aliphatic heterocycles. The first-order chi connectivity index (χ1) is 43.3. The summed E-state index contributed by atoms with van der Waals surface area (Å²) in [7, 11) is 0. The van der Waals surface area contributed by atoms with Crippen molar-refractivity contribution in [1.82, 2.24) is 5.32 Å². The van der Waals surface area contributed by atoms with E-state index in [-0.39, 0.29) is 18.9 Å². The molecule has 0 aromatic heterocycles. The number of hydrogen-bond donors (Lipinski definition) is 12. The fourth-order valence-corrected chi connectivity index (χ4v) is 12.0. The monoisotopic (exact) mass is 1270 g/mol. The maximum Gasteiger partial charge on any atom is 0.220 e. The second kappa shape index (κ2) is 52.1. The van der Waals surface area contributed by atoms with Gasteiger partial charge in [0.15, 0.2) is 18.9 Å². The molecule has 3 aliphatic rings. The lowest BCUT2D eigenvalue weighted by atomic mass is 9.96. The van der Waals surface area contributed by atoms with Crippen molar-refractivity contribution < 1.29 is 89.4 Å². The van der Waals surface area contributed by atoms with Gasteiger partial charge in [-0.05, 0) is 51.4 Å². The van der Waals surface area contributed by atoms with Crippen molar-refractivity contribution >= 4 is 5.91 Å². The topological polar surface area (TPSA) is 307 Å². The Balaban J connectivity index is 1.17. The summed E-state index contributed by atoms with van der Waals surface area (Å²) >= 11 is 0. The average Bonchev–Trinajstić information content (AvgIpc) is 1.74. The van der Waals surface area contributed by atoms with Crippen LogP contribution in [0.2, 0.25) is 0 Å². The van der Waals surface area contributed by atoms with Gasteiger partial charge in [-0.3, -0.25) is 4.79 Å². The van der Waals surface area contributed by atoms with E-state index in [2.05, 4.69) is 60.8 Å². The number of hydrogen-bond acceptors (Lipinski definition) is 18. The largest absolute Gasteiger partial charge is 0.394 e. The molecule has 3 heterocycles. The number of ether oxygens (including phenoxy) is 6. The molecule has 12 N–H and O–H groups in total. The van der Waals surface area contributed by atoms with Crippen molar-refractivity contribution in [2.75, 3.05) is 26.4 Å². The highest BCUT2D eigenvalue weighted by Gasteiger charge is 2.53. The van der Waals surface area contributed by atoms with Crippen molar-refractivity contribution in [2.24, 2.45) is 0 Å². The Morgan fingerprint density at radius 2 is 0.775 bits per heavy atom. The van der Waals surface area contributed by atoms with Crippen molar-refractivity contribution in [3.05, 3.63) is 48.6 Å². The van der Waals surface area contributed by atoms with Crippen LogP contribution in [0.4, 0.5) is 0 Å². The number of rotatable bonds is 54. The van der Waals surface area contributed by atoms with E-state index >= 15 is 0 Å². The molecule has 19 heteroatoms. The van der Waals surface area contributed by atoms with Gasteiger partial charge in [0, 0.05) is 6.42 Å². The number of aliphatic hydroxyl groups excluding tert-OH is 11. The molecule has 0 aromatic rings. The summed E-state index contributed by atoms with van der Waals surface area (Å²) in [5.41, 5.74) is 0. The Kier molecular flexibility index (Phi) is 47.4. The molecule has 0 saturated carbocycles. The van der Waals surface area contributed by atoms with E-state index in [1.807, 2.05) is 6.92 Å². The zero-order valence-electron chi connectivity index (χ0n) is 54.9. The SMILES string of the molecule is CC/C=C\C/C=C\C/C=C\C/C=C\CCCCCCCCCCCCCCCCCCCCCCCCCCCCCCC(=O)NC(COC1OC(CO)C(OC2OC(CO)C(OC3OC(CO)C(O)C(O)C3O)C(O)C2O)C(O)C1O)C(O)CCCCC. The highest BCUT2D eigenvalue weighted by molar-refractivity contribution is 5.76. The van der Waals surface area contributed by atoms with E-state index in [4.69, 9.17) is 28.4 Å². The first-order valence-corrected chi connectivity index (χ1v) is 35.4. The predicted molar refractivity (Wildman–Crippen MR) is 346 cm³/mol. The molecule has 89 heavy (non-hydrogen) atoms. The van der Waals surface area contributed by atoms with Crippen LogP contribution in [-0.2, 0) is 33.2 Å².